The van der Waals surface area contributed by atoms with Crippen LogP contribution in [0.25, 0.3) is 0 Å². The first-order valence-electron chi connectivity index (χ1n) is 41.0. The fourth-order valence-electron chi connectivity index (χ4n) is 12.0. The molecule has 51 heteroatoms. The van der Waals surface area contributed by atoms with Gasteiger partial charge in [0.2, 0.25) is 37.5 Å². The number of nitrogens with two attached hydrogens (primary N) is 3. The summed E-state index contributed by atoms with van der Waals surface area (Å²) in [6.45, 7) is 4.92. The van der Waals surface area contributed by atoms with Crippen LogP contribution in [-0.4, -0.2) is 289 Å². The fourth-order valence-corrected chi connectivity index (χ4v) is 20.0. The number of aliphatic imine (C=N–C) groups is 1. The van der Waals surface area contributed by atoms with E-state index in [0.29, 0.717) is 34.7 Å². The SMILES string of the molecule is CC1CCC1C.CCC(CSC1CCC1SCC(CC(=O)CCOCCC(C)=O)C(=O)NCCC(=O)OCC(=O)OCOP(=O)(O)OC[C@H]1O[C@@H](N2C=CC(N)=NC2)C(F)(F)[C@@H]1O)C(N)=O.CCC(CSC1CCC1SCC(CC(=O)CCOCCC(C)=O)C(=O)O)C(=O)NCCC(=O)OCC(=O)OCOP(=O)(O)OC[C@H]1O[C@@H](n2ccc(N)nc2=O)C(F)(F)[C@@H]1O. The van der Waals surface area contributed by atoms with Crippen LogP contribution in [0.2, 0.25) is 0 Å². The van der Waals surface area contributed by atoms with Crippen molar-refractivity contribution in [2.45, 2.75) is 214 Å². The van der Waals surface area contributed by atoms with Crippen LogP contribution in [-0.2, 0) is 123 Å². The highest BCUT2D eigenvalue weighted by molar-refractivity contribution is 8.04. The molecular formula is C76H117F4N9O32P2S4. The first kappa shape index (κ1) is 111. The molecule has 6 aliphatic rings. The van der Waals surface area contributed by atoms with Gasteiger partial charge >= 0.3 is 63.0 Å². The Morgan fingerprint density at radius 1 is 0.583 bits per heavy atom. The second kappa shape index (κ2) is 55.5. The number of Topliss-reactive ketones (excluding diaryl/α,β-unsaturated/α-hetero) is 4. The number of hydrogen-bond acceptors (Lipinski definition) is 38. The number of aliphatic hydroxyl groups is 2. The van der Waals surface area contributed by atoms with Crippen molar-refractivity contribution < 1.29 is 165 Å². The second-order valence-corrected chi connectivity index (χ2v) is 38.5. The van der Waals surface area contributed by atoms with E-state index in [1.807, 2.05) is 13.8 Å². The molecule has 5 fully saturated rings. The summed E-state index contributed by atoms with van der Waals surface area (Å²) in [7, 11) is -10.1. The van der Waals surface area contributed by atoms with E-state index in [-0.39, 0.29) is 183 Å². The van der Waals surface area contributed by atoms with E-state index in [1.165, 1.54) is 50.7 Å². The lowest BCUT2D eigenvalue weighted by atomic mass is 9.77. The Morgan fingerprint density at radius 3 is 1.39 bits per heavy atom. The lowest BCUT2D eigenvalue weighted by Gasteiger charge is -2.37. The van der Waals surface area contributed by atoms with Crippen molar-refractivity contribution in [3.63, 3.8) is 0 Å². The number of amides is 3. The molecule has 0 bridgehead atoms. The summed E-state index contributed by atoms with van der Waals surface area (Å²) in [5.74, 6) is -13.4. The van der Waals surface area contributed by atoms with E-state index in [0.717, 1.165) is 54.7 Å². The van der Waals surface area contributed by atoms with E-state index >= 15 is 0 Å². The number of primary amides is 1. The Kier molecular flexibility index (Phi) is 48.4. The summed E-state index contributed by atoms with van der Waals surface area (Å²) in [6, 6.07) is 1.04. The highest BCUT2D eigenvalue weighted by Gasteiger charge is 2.62. The maximum Gasteiger partial charge on any atom is 0.475 e. The number of rotatable bonds is 58. The van der Waals surface area contributed by atoms with Gasteiger partial charge in [0.15, 0.2) is 31.6 Å². The van der Waals surface area contributed by atoms with Crippen LogP contribution in [0.5, 0.6) is 0 Å². The van der Waals surface area contributed by atoms with Crippen LogP contribution in [0.1, 0.15) is 151 Å². The van der Waals surface area contributed by atoms with Gasteiger partial charge in [-0.1, -0.05) is 40.5 Å². The number of carbonyl (C=O) groups is 12. The number of aliphatic hydroxyl groups excluding tert-OH is 2. The molecule has 3 aliphatic carbocycles. The predicted molar refractivity (Wildman–Crippen MR) is 451 cm³/mol. The summed E-state index contributed by atoms with van der Waals surface area (Å²) in [6.07, 6.45) is -2.31. The number of nitrogens with zero attached hydrogens (tertiary/aromatic N) is 4. The molecule has 41 nitrogen and oxygen atoms in total. The quantitative estimate of drug-likeness (QED) is 0.0107. The number of thioether (sulfide) groups is 4. The molecule has 0 aromatic carbocycles. The number of ether oxygens (including phenoxy) is 8. The van der Waals surface area contributed by atoms with Crippen molar-refractivity contribution in [2.75, 3.05) is 115 Å². The number of esters is 4. The van der Waals surface area contributed by atoms with Crippen molar-refractivity contribution in [3.05, 3.63) is 35.0 Å². The average molecular weight is 1940 g/mol. The van der Waals surface area contributed by atoms with Gasteiger partial charge in [-0.2, -0.15) is 69.6 Å². The monoisotopic (exact) mass is 1930 g/mol. The summed E-state index contributed by atoms with van der Waals surface area (Å²) in [5, 5.41) is 35.8. The average Bonchev–Trinajstić information content (AvgIpc) is 1.62. The Morgan fingerprint density at radius 2 is 0.992 bits per heavy atom. The number of hydrogen-bond donors (Lipinski definition) is 10. The summed E-state index contributed by atoms with van der Waals surface area (Å²) < 4.78 is 141. The largest absolute Gasteiger partial charge is 0.481 e. The van der Waals surface area contributed by atoms with E-state index in [4.69, 9.17) is 45.6 Å². The Bertz CT molecular complexity index is 4040. The minimum atomic E-state index is -5.09. The molecule has 127 heavy (non-hydrogen) atoms. The molecule has 2 saturated heterocycles. The molecule has 0 spiro atoms. The summed E-state index contributed by atoms with van der Waals surface area (Å²) in [5.41, 5.74) is 15.1. The van der Waals surface area contributed by atoms with Crippen molar-refractivity contribution >= 4 is 145 Å². The maximum atomic E-state index is 14.7. The molecule has 13 N–H and O–H groups in total. The summed E-state index contributed by atoms with van der Waals surface area (Å²) in [4.78, 5) is 185. The second-order valence-electron chi connectivity index (χ2n) is 30.5. The lowest BCUT2D eigenvalue weighted by molar-refractivity contribution is -0.163. The number of phosphoric acid groups is 2. The number of anilines is 1. The van der Waals surface area contributed by atoms with Gasteiger partial charge in [0.05, 0.1) is 64.3 Å². The number of carboxylic acid groups (broad SMARTS) is 1. The van der Waals surface area contributed by atoms with Crippen LogP contribution >= 0.6 is 62.7 Å². The van der Waals surface area contributed by atoms with Crippen LogP contribution in [0.3, 0.4) is 0 Å². The Labute approximate surface area is 747 Å². The van der Waals surface area contributed by atoms with Crippen LogP contribution in [0.15, 0.2) is 34.3 Å². The molecule has 12 unspecified atom stereocenters. The fraction of sp³-hybridized carbons (Fsp3) is 0.750. The van der Waals surface area contributed by atoms with Crippen LogP contribution in [0, 0.1) is 35.5 Å². The lowest BCUT2D eigenvalue weighted by Crippen LogP contribution is -2.48. The smallest absolute Gasteiger partial charge is 0.475 e. The number of nitrogen functional groups attached to an aromatic ring is 1. The van der Waals surface area contributed by atoms with Crippen LogP contribution in [0.4, 0.5) is 23.4 Å². The molecule has 3 aliphatic heterocycles. The third-order valence-corrected chi connectivity index (χ3v) is 29.2. The van der Waals surface area contributed by atoms with E-state index in [1.54, 1.807) is 35.3 Å². The van der Waals surface area contributed by atoms with Gasteiger partial charge < -0.3 is 95.7 Å². The molecule has 3 amide bonds. The molecule has 720 valence electrons. The van der Waals surface area contributed by atoms with Gasteiger partial charge in [-0.3, -0.25) is 61.6 Å². The van der Waals surface area contributed by atoms with E-state index in [2.05, 4.69) is 62.0 Å². The molecule has 3 saturated carbocycles. The van der Waals surface area contributed by atoms with Crippen molar-refractivity contribution in [1.29, 1.82) is 0 Å². The predicted octanol–water partition coefficient (Wildman–Crippen LogP) is 4.53. The van der Waals surface area contributed by atoms with E-state index < -0.39 is 158 Å². The molecule has 4 heterocycles. The molecule has 1 aromatic rings. The minimum absolute atomic E-state index is 0.0242. The highest BCUT2D eigenvalue weighted by atomic mass is 32.2. The topological polar surface area (TPSA) is 604 Å². The van der Waals surface area contributed by atoms with Gasteiger partial charge in [0, 0.05) is 120 Å². The number of amidine groups is 1. The Balaban J connectivity index is 0.000000421. The molecular weight excluding hydrogens is 1820 g/mol. The highest BCUT2D eigenvalue weighted by Crippen LogP contribution is 2.49. The molecule has 1 aromatic heterocycles. The number of ketones is 4. The van der Waals surface area contributed by atoms with Gasteiger partial charge in [-0.15, -0.1) is 0 Å². The number of carboxylic acids is 1. The number of nitrogens with one attached hydrogen (secondary N) is 2. The van der Waals surface area contributed by atoms with Crippen molar-refractivity contribution in [3.8, 4) is 0 Å². The standard InChI is InChI=1S/C35H54F2N5O15PS2.C35H51F2N4O17PS2.C6H12/c1-3-22(32(39)48)17-59-26-4-5-27(26)60-18-23(14-24(44)9-13-52-12-8-21(2)43)33(49)40-10-6-29(45)53-16-30(46)54-20-56-58(50,51)55-15-25-31(47)35(36,37)34(57-25)42-11-7-28(38)41-19-42;1-3-21(17-60-25-4-5-26(25)61-18-22(32(48)49)14-23(43)9-13-53-12-8-20(2)42)31(47)39-10-6-28(44)54-16-29(45)55-19-57-59(51,52)56-15-24-30(46)35(36,37)33(58-24)41-11-7-27(38)40-34(41)50;1-5-3-4-6(5)2/h7,11,22-23,25-27,31,34,47H,3-6,8-10,12-20H2,1-2H3,(H2,38,41)(H2,39,48)(H,40,49)(H,50,51);7,11,21-22,24-26,30,33,46H,3-6,8-10,12-19H2,1-2H3,(H,39,47)(H,48,49)(H,51,52)(H2,38,40,50);5-6H,3-4H2,1-2H3/t22?,23?,25-,26?,27?,31-,34-;21?,22?,24-,25?,26?,30-,33-;/m11./s1. The van der Waals surface area contributed by atoms with Gasteiger partial charge in [-0.05, 0) is 76.4 Å². The minimum Gasteiger partial charge on any atom is -0.481 e. The first-order valence-corrected chi connectivity index (χ1v) is 48.1. The number of aromatic nitrogens is 2. The maximum absolute atomic E-state index is 14.7. The number of aliphatic carboxylic acids is 1. The van der Waals surface area contributed by atoms with E-state index in [9.17, 15) is 114 Å². The third-order valence-electron chi connectivity index (χ3n) is 20.7. The van der Waals surface area contributed by atoms with Gasteiger partial charge in [0.1, 0.15) is 53.7 Å². The molecule has 18 atom stereocenters. The summed E-state index contributed by atoms with van der Waals surface area (Å²) >= 11 is 6.33. The normalized spacial score (nSPS) is 24.3. The van der Waals surface area contributed by atoms with Crippen LogP contribution < -0.4 is 33.5 Å². The Hall–Kier alpha value is -6.77. The zero-order valence-corrected chi connectivity index (χ0v) is 76.3. The number of halogens is 4. The number of carbonyl (C=O) groups excluding carboxylic acids is 11. The van der Waals surface area contributed by atoms with Crippen molar-refractivity contribution in [2.24, 2.45) is 52.0 Å². The molecule has 7 rings (SSSR count). The van der Waals surface area contributed by atoms with Gasteiger partial charge in [0.25, 0.3) is 0 Å². The zero-order chi connectivity index (χ0) is 94.4. The number of phosphoric ester groups is 2. The number of alkyl halides is 4. The zero-order valence-electron chi connectivity index (χ0n) is 71.2. The van der Waals surface area contributed by atoms with Gasteiger partial charge in [-0.25, -0.2) is 37.6 Å². The third kappa shape index (κ3) is 39.7. The molecule has 0 radical (unpaired) electrons. The first-order chi connectivity index (χ1) is 59.9. The van der Waals surface area contributed by atoms with Crippen molar-refractivity contribution in [1.82, 2.24) is 25.1 Å².